The molecule has 0 saturated carbocycles. The molecule has 0 bridgehead atoms. The van der Waals surface area contributed by atoms with E-state index in [1.807, 2.05) is 6.92 Å². The van der Waals surface area contributed by atoms with E-state index in [-0.39, 0.29) is 6.10 Å². The first-order valence-corrected chi connectivity index (χ1v) is 4.67. The first-order valence-electron chi connectivity index (χ1n) is 4.67. The maximum Gasteiger partial charge on any atom is 0.293 e. The molecule has 0 aromatic rings. The molecule has 12 heavy (non-hydrogen) atoms. The van der Waals surface area contributed by atoms with Crippen molar-refractivity contribution in [1.82, 2.24) is 0 Å². The third-order valence-corrected chi connectivity index (χ3v) is 2.27. The smallest absolute Gasteiger partial charge is 0.293 e. The van der Waals surface area contributed by atoms with Crippen molar-refractivity contribution in [2.24, 2.45) is 11.8 Å². The summed E-state index contributed by atoms with van der Waals surface area (Å²) in [6, 6.07) is 0. The van der Waals surface area contributed by atoms with E-state index in [1.165, 1.54) is 6.42 Å². The van der Waals surface area contributed by atoms with Gasteiger partial charge in [-0.15, -0.1) is 0 Å². The summed E-state index contributed by atoms with van der Waals surface area (Å²) in [5, 5.41) is 0. The van der Waals surface area contributed by atoms with E-state index in [2.05, 4.69) is 20.8 Å². The molecule has 0 spiro atoms. The van der Waals surface area contributed by atoms with Gasteiger partial charge in [-0.2, -0.15) is 0 Å². The molecule has 0 radical (unpaired) electrons. The minimum absolute atomic E-state index is 0.0567. The van der Waals surface area contributed by atoms with Gasteiger partial charge in [0.2, 0.25) is 0 Å². The van der Waals surface area contributed by atoms with Gasteiger partial charge in [-0.1, -0.05) is 27.2 Å². The second kappa shape index (κ2) is 6.04. The van der Waals surface area contributed by atoms with Crippen molar-refractivity contribution < 1.29 is 9.53 Å². The average molecular weight is 172 g/mol. The van der Waals surface area contributed by atoms with Crippen molar-refractivity contribution in [3.63, 3.8) is 0 Å². The number of ether oxygens (including phenoxy) is 1. The molecular formula is C10H20O2. The number of rotatable bonds is 6. The van der Waals surface area contributed by atoms with Crippen LogP contribution in [0.25, 0.3) is 0 Å². The fourth-order valence-electron chi connectivity index (χ4n) is 1.05. The Balaban J connectivity index is 3.55. The van der Waals surface area contributed by atoms with Gasteiger partial charge in [-0.3, -0.25) is 4.79 Å². The predicted octanol–water partition coefficient (Wildman–Crippen LogP) is 2.62. The molecule has 0 N–H and O–H groups in total. The lowest BCUT2D eigenvalue weighted by molar-refractivity contribution is -0.135. The van der Waals surface area contributed by atoms with Crippen LogP contribution in [-0.4, -0.2) is 12.6 Å². The van der Waals surface area contributed by atoms with Gasteiger partial charge in [0.1, 0.15) is 6.10 Å². The van der Waals surface area contributed by atoms with Gasteiger partial charge < -0.3 is 4.74 Å². The standard InChI is InChI=1S/C10H20O2/c1-8(2)5-6-9(3)10(4)12-7-11/h7-10H,5-6H2,1-4H3. The molecular weight excluding hydrogens is 152 g/mol. The highest BCUT2D eigenvalue weighted by atomic mass is 16.5. The van der Waals surface area contributed by atoms with Crippen LogP contribution in [0.1, 0.15) is 40.5 Å². The quantitative estimate of drug-likeness (QED) is 0.576. The van der Waals surface area contributed by atoms with E-state index in [4.69, 9.17) is 4.74 Å². The van der Waals surface area contributed by atoms with E-state index in [1.54, 1.807) is 0 Å². The van der Waals surface area contributed by atoms with Crippen molar-refractivity contribution >= 4 is 6.47 Å². The Bertz CT molecular complexity index is 121. The fraction of sp³-hybridized carbons (Fsp3) is 0.900. The Kier molecular flexibility index (Phi) is 5.77. The van der Waals surface area contributed by atoms with Gasteiger partial charge in [-0.05, 0) is 25.2 Å². The summed E-state index contributed by atoms with van der Waals surface area (Å²) >= 11 is 0. The Labute approximate surface area is 75.3 Å². The summed E-state index contributed by atoms with van der Waals surface area (Å²) < 4.78 is 4.86. The van der Waals surface area contributed by atoms with Crippen LogP contribution in [0.3, 0.4) is 0 Å². The average Bonchev–Trinajstić information content (AvgIpc) is 2.00. The molecule has 0 saturated heterocycles. The van der Waals surface area contributed by atoms with E-state index in [9.17, 15) is 4.79 Å². The molecule has 0 fully saturated rings. The van der Waals surface area contributed by atoms with Crippen molar-refractivity contribution in [2.75, 3.05) is 0 Å². The van der Waals surface area contributed by atoms with Gasteiger partial charge in [-0.25, -0.2) is 0 Å². The largest absolute Gasteiger partial charge is 0.465 e. The van der Waals surface area contributed by atoms with E-state index < -0.39 is 0 Å². The first-order chi connectivity index (χ1) is 5.57. The molecule has 2 heteroatoms. The molecule has 0 amide bonds. The van der Waals surface area contributed by atoms with Crippen molar-refractivity contribution in [1.29, 1.82) is 0 Å². The third kappa shape index (κ3) is 5.16. The highest BCUT2D eigenvalue weighted by Gasteiger charge is 2.12. The normalized spacial score (nSPS) is 15.8. The van der Waals surface area contributed by atoms with Crippen LogP contribution < -0.4 is 0 Å². The van der Waals surface area contributed by atoms with Crippen LogP contribution in [0.5, 0.6) is 0 Å². The molecule has 0 aliphatic rings. The Morgan fingerprint density at radius 2 is 1.75 bits per heavy atom. The zero-order valence-electron chi connectivity index (χ0n) is 8.54. The van der Waals surface area contributed by atoms with Crippen molar-refractivity contribution in [3.05, 3.63) is 0 Å². The maximum absolute atomic E-state index is 10.0. The molecule has 0 aromatic carbocycles. The molecule has 0 aliphatic heterocycles. The minimum atomic E-state index is 0.0567. The van der Waals surface area contributed by atoms with Crippen LogP contribution in [-0.2, 0) is 9.53 Å². The molecule has 0 aliphatic carbocycles. The lowest BCUT2D eigenvalue weighted by atomic mass is 9.96. The summed E-state index contributed by atoms with van der Waals surface area (Å²) in [4.78, 5) is 10.0. The van der Waals surface area contributed by atoms with Crippen LogP contribution in [0.4, 0.5) is 0 Å². The number of hydrogen-bond donors (Lipinski definition) is 0. The third-order valence-electron chi connectivity index (χ3n) is 2.27. The van der Waals surface area contributed by atoms with Gasteiger partial charge in [0, 0.05) is 0 Å². The highest BCUT2D eigenvalue weighted by Crippen LogP contribution is 2.16. The minimum Gasteiger partial charge on any atom is -0.465 e. The molecule has 2 nitrogen and oxygen atoms in total. The topological polar surface area (TPSA) is 26.3 Å². The van der Waals surface area contributed by atoms with E-state index in [0.29, 0.717) is 12.4 Å². The van der Waals surface area contributed by atoms with Crippen LogP contribution in [0.2, 0.25) is 0 Å². The number of carbonyl (C=O) groups is 1. The van der Waals surface area contributed by atoms with Crippen LogP contribution in [0, 0.1) is 11.8 Å². The Morgan fingerprint density at radius 3 is 2.17 bits per heavy atom. The van der Waals surface area contributed by atoms with Crippen molar-refractivity contribution in [3.8, 4) is 0 Å². The lowest BCUT2D eigenvalue weighted by Crippen LogP contribution is -2.17. The van der Waals surface area contributed by atoms with Gasteiger partial charge in [0.05, 0.1) is 0 Å². The highest BCUT2D eigenvalue weighted by molar-refractivity contribution is 5.37. The molecule has 0 aromatic heterocycles. The molecule has 0 rings (SSSR count). The summed E-state index contributed by atoms with van der Waals surface area (Å²) in [7, 11) is 0. The van der Waals surface area contributed by atoms with Gasteiger partial charge in [0.15, 0.2) is 0 Å². The second-order valence-electron chi connectivity index (χ2n) is 3.89. The van der Waals surface area contributed by atoms with E-state index in [0.717, 1.165) is 12.3 Å². The number of carbonyl (C=O) groups excluding carboxylic acids is 1. The summed E-state index contributed by atoms with van der Waals surface area (Å²) in [6.07, 6.45) is 2.39. The fourth-order valence-corrected chi connectivity index (χ4v) is 1.05. The maximum atomic E-state index is 10.0. The molecule has 2 atom stereocenters. The Morgan fingerprint density at radius 1 is 1.17 bits per heavy atom. The molecule has 2 unspecified atom stereocenters. The Hall–Kier alpha value is -0.530. The van der Waals surface area contributed by atoms with Gasteiger partial charge >= 0.3 is 0 Å². The summed E-state index contributed by atoms with van der Waals surface area (Å²) in [6.45, 7) is 9.02. The summed E-state index contributed by atoms with van der Waals surface area (Å²) in [5.41, 5.74) is 0. The number of hydrogen-bond acceptors (Lipinski definition) is 2. The van der Waals surface area contributed by atoms with Crippen LogP contribution in [0.15, 0.2) is 0 Å². The van der Waals surface area contributed by atoms with E-state index >= 15 is 0 Å². The zero-order chi connectivity index (χ0) is 9.56. The van der Waals surface area contributed by atoms with Gasteiger partial charge in [0.25, 0.3) is 6.47 Å². The first kappa shape index (κ1) is 11.5. The molecule has 72 valence electrons. The SMILES string of the molecule is CC(C)CCC(C)C(C)OC=O. The lowest BCUT2D eigenvalue weighted by Gasteiger charge is -2.18. The predicted molar refractivity (Wildman–Crippen MR) is 49.8 cm³/mol. The van der Waals surface area contributed by atoms with Crippen molar-refractivity contribution in [2.45, 2.75) is 46.6 Å². The monoisotopic (exact) mass is 172 g/mol. The molecule has 0 heterocycles. The zero-order valence-corrected chi connectivity index (χ0v) is 8.54. The van der Waals surface area contributed by atoms with Crippen LogP contribution >= 0.6 is 0 Å². The summed E-state index contributed by atoms with van der Waals surface area (Å²) in [5.74, 6) is 1.20. The second-order valence-corrected chi connectivity index (χ2v) is 3.89.